The number of rotatable bonds is 4. The molecule has 0 aromatic rings. The zero-order valence-corrected chi connectivity index (χ0v) is 9.75. The van der Waals surface area contributed by atoms with Crippen molar-refractivity contribution in [3.63, 3.8) is 0 Å². The summed E-state index contributed by atoms with van der Waals surface area (Å²) in [6, 6.07) is 0.711. The van der Waals surface area contributed by atoms with Gasteiger partial charge in [0, 0.05) is 18.0 Å². The third-order valence-electron chi connectivity index (χ3n) is 3.15. The summed E-state index contributed by atoms with van der Waals surface area (Å²) in [4.78, 5) is 13.4. The van der Waals surface area contributed by atoms with Gasteiger partial charge in [-0.25, -0.2) is 0 Å². The van der Waals surface area contributed by atoms with Crippen LogP contribution in [0.1, 0.15) is 46.5 Å². The van der Waals surface area contributed by atoms with E-state index < -0.39 is 0 Å². The van der Waals surface area contributed by atoms with Gasteiger partial charge in [-0.3, -0.25) is 4.90 Å². The molecule has 0 amide bonds. The van der Waals surface area contributed by atoms with Crippen molar-refractivity contribution in [1.29, 1.82) is 0 Å². The largest absolute Gasteiger partial charge is 0.303 e. The van der Waals surface area contributed by atoms with Gasteiger partial charge in [0.15, 0.2) is 0 Å². The molecule has 1 aliphatic heterocycles. The van der Waals surface area contributed by atoms with Crippen molar-refractivity contribution in [2.75, 3.05) is 13.1 Å². The molecule has 1 saturated heterocycles. The highest BCUT2D eigenvalue weighted by molar-refractivity contribution is 5.58. The monoisotopic (exact) mass is 197 g/mol. The SMILES string of the molecule is CCC1CCCCN1CC(C)(C)C=O. The minimum Gasteiger partial charge on any atom is -0.303 e. The summed E-state index contributed by atoms with van der Waals surface area (Å²) in [5.41, 5.74) is -0.176. The van der Waals surface area contributed by atoms with E-state index in [4.69, 9.17) is 0 Å². The molecule has 0 aliphatic carbocycles. The first-order valence-electron chi connectivity index (χ1n) is 5.79. The van der Waals surface area contributed by atoms with Gasteiger partial charge in [-0.05, 0) is 25.8 Å². The Balaban J connectivity index is 2.52. The Morgan fingerprint density at radius 3 is 2.71 bits per heavy atom. The quantitative estimate of drug-likeness (QED) is 0.645. The van der Waals surface area contributed by atoms with E-state index in [2.05, 4.69) is 11.8 Å². The number of hydrogen-bond donors (Lipinski definition) is 0. The normalized spacial score (nSPS) is 24.9. The van der Waals surface area contributed by atoms with Crippen molar-refractivity contribution in [2.45, 2.75) is 52.5 Å². The lowest BCUT2D eigenvalue weighted by atomic mass is 9.91. The first kappa shape index (κ1) is 11.7. The Morgan fingerprint density at radius 1 is 1.43 bits per heavy atom. The maximum Gasteiger partial charge on any atom is 0.126 e. The predicted molar refractivity (Wildman–Crippen MR) is 59.3 cm³/mol. The van der Waals surface area contributed by atoms with E-state index in [0.717, 1.165) is 12.8 Å². The summed E-state index contributed by atoms with van der Waals surface area (Å²) in [6.07, 6.45) is 6.27. The Hall–Kier alpha value is -0.370. The molecule has 1 fully saturated rings. The van der Waals surface area contributed by atoms with Crippen LogP contribution in [0.25, 0.3) is 0 Å². The Morgan fingerprint density at radius 2 is 2.14 bits per heavy atom. The zero-order chi connectivity index (χ0) is 10.6. The molecule has 1 rings (SSSR count). The Kier molecular flexibility index (Phi) is 4.11. The molecule has 14 heavy (non-hydrogen) atoms. The molecule has 82 valence electrons. The molecule has 1 aliphatic rings. The summed E-state index contributed by atoms with van der Waals surface area (Å²) in [5, 5.41) is 0. The third kappa shape index (κ3) is 3.09. The van der Waals surface area contributed by atoms with E-state index in [0.29, 0.717) is 6.04 Å². The molecule has 0 bridgehead atoms. The molecular weight excluding hydrogens is 174 g/mol. The van der Waals surface area contributed by atoms with Gasteiger partial charge in [-0.2, -0.15) is 0 Å². The number of likely N-dealkylation sites (tertiary alicyclic amines) is 1. The highest BCUT2D eigenvalue weighted by Gasteiger charge is 2.27. The maximum absolute atomic E-state index is 10.9. The first-order valence-corrected chi connectivity index (χ1v) is 5.79. The van der Waals surface area contributed by atoms with E-state index in [9.17, 15) is 4.79 Å². The first-order chi connectivity index (χ1) is 6.59. The van der Waals surface area contributed by atoms with Gasteiger partial charge in [0.05, 0.1) is 0 Å². The number of carbonyl (C=O) groups excluding carboxylic acids is 1. The van der Waals surface area contributed by atoms with Gasteiger partial charge in [-0.15, -0.1) is 0 Å². The number of aldehydes is 1. The number of nitrogens with zero attached hydrogens (tertiary/aromatic N) is 1. The topological polar surface area (TPSA) is 20.3 Å². The van der Waals surface area contributed by atoms with E-state index in [-0.39, 0.29) is 5.41 Å². The van der Waals surface area contributed by atoms with Gasteiger partial charge in [0.25, 0.3) is 0 Å². The summed E-state index contributed by atoms with van der Waals surface area (Å²) in [5.74, 6) is 0. The smallest absolute Gasteiger partial charge is 0.126 e. The van der Waals surface area contributed by atoms with Gasteiger partial charge in [-0.1, -0.05) is 27.2 Å². The van der Waals surface area contributed by atoms with Crippen LogP contribution in [0.2, 0.25) is 0 Å². The van der Waals surface area contributed by atoms with Crippen molar-refractivity contribution in [3.05, 3.63) is 0 Å². The van der Waals surface area contributed by atoms with Crippen LogP contribution in [-0.2, 0) is 4.79 Å². The van der Waals surface area contributed by atoms with Gasteiger partial charge < -0.3 is 4.79 Å². The molecule has 0 spiro atoms. The van der Waals surface area contributed by atoms with Crippen molar-refractivity contribution in [3.8, 4) is 0 Å². The fourth-order valence-electron chi connectivity index (χ4n) is 2.29. The number of piperidine rings is 1. The fraction of sp³-hybridized carbons (Fsp3) is 0.917. The van der Waals surface area contributed by atoms with Gasteiger partial charge in [0.1, 0.15) is 6.29 Å². The standard InChI is InChI=1S/C12H23NO/c1-4-11-7-5-6-8-13(11)9-12(2,3)10-14/h10-11H,4-9H2,1-3H3. The Labute approximate surface area is 87.7 Å². The number of hydrogen-bond acceptors (Lipinski definition) is 2. The highest BCUT2D eigenvalue weighted by atomic mass is 16.1. The van der Waals surface area contributed by atoms with Crippen LogP contribution >= 0.6 is 0 Å². The molecule has 0 radical (unpaired) electrons. The molecule has 1 heterocycles. The van der Waals surface area contributed by atoms with Crippen molar-refractivity contribution in [1.82, 2.24) is 4.90 Å². The molecule has 0 N–H and O–H groups in total. The van der Waals surface area contributed by atoms with Crippen molar-refractivity contribution in [2.24, 2.45) is 5.41 Å². The second-order valence-corrected chi connectivity index (χ2v) is 5.13. The van der Waals surface area contributed by atoms with Crippen LogP contribution in [0.15, 0.2) is 0 Å². The number of carbonyl (C=O) groups is 1. The minimum atomic E-state index is -0.176. The van der Waals surface area contributed by atoms with Gasteiger partial charge in [0.2, 0.25) is 0 Å². The van der Waals surface area contributed by atoms with Crippen molar-refractivity contribution < 1.29 is 4.79 Å². The van der Waals surface area contributed by atoms with Crippen LogP contribution in [0.5, 0.6) is 0 Å². The average molecular weight is 197 g/mol. The molecular formula is C12H23NO. The molecule has 0 saturated carbocycles. The molecule has 1 atom stereocenters. The van der Waals surface area contributed by atoms with E-state index >= 15 is 0 Å². The van der Waals surface area contributed by atoms with E-state index in [1.807, 2.05) is 13.8 Å². The predicted octanol–water partition coefficient (Wildman–Crippen LogP) is 2.48. The molecule has 1 unspecified atom stereocenters. The van der Waals surface area contributed by atoms with E-state index in [1.54, 1.807) is 0 Å². The average Bonchev–Trinajstić information content (AvgIpc) is 2.18. The molecule has 2 heteroatoms. The van der Waals surface area contributed by atoms with Crippen LogP contribution in [0.3, 0.4) is 0 Å². The second kappa shape index (κ2) is 4.92. The van der Waals surface area contributed by atoms with E-state index in [1.165, 1.54) is 32.2 Å². The molecule has 0 aromatic carbocycles. The summed E-state index contributed by atoms with van der Waals surface area (Å²) in [6.45, 7) is 8.41. The van der Waals surface area contributed by atoms with Crippen LogP contribution in [0.4, 0.5) is 0 Å². The summed E-state index contributed by atoms with van der Waals surface area (Å²) >= 11 is 0. The lowest BCUT2D eigenvalue weighted by molar-refractivity contribution is -0.116. The lowest BCUT2D eigenvalue weighted by Crippen LogP contribution is -2.44. The lowest BCUT2D eigenvalue weighted by Gasteiger charge is -2.38. The van der Waals surface area contributed by atoms with Crippen LogP contribution in [0, 0.1) is 5.41 Å². The second-order valence-electron chi connectivity index (χ2n) is 5.13. The van der Waals surface area contributed by atoms with Crippen LogP contribution in [-0.4, -0.2) is 30.3 Å². The molecule has 0 aromatic heterocycles. The minimum absolute atomic E-state index is 0.176. The summed E-state index contributed by atoms with van der Waals surface area (Å²) < 4.78 is 0. The maximum atomic E-state index is 10.9. The zero-order valence-electron chi connectivity index (χ0n) is 9.75. The van der Waals surface area contributed by atoms with Crippen LogP contribution < -0.4 is 0 Å². The Bertz CT molecular complexity index is 189. The van der Waals surface area contributed by atoms with Gasteiger partial charge >= 0.3 is 0 Å². The fourth-order valence-corrected chi connectivity index (χ4v) is 2.29. The third-order valence-corrected chi connectivity index (χ3v) is 3.15. The van der Waals surface area contributed by atoms with Crippen molar-refractivity contribution >= 4 is 6.29 Å². The molecule has 2 nitrogen and oxygen atoms in total. The highest BCUT2D eigenvalue weighted by Crippen LogP contribution is 2.23. The summed E-state index contributed by atoms with van der Waals surface area (Å²) in [7, 11) is 0.